The standard InChI is InChI=1S/C15H24N2O/c1-5-13(3)17(4)11-10-16-15(18)14-9-7-6-8-12(14)2/h6-9,13H,5,10-11H2,1-4H3,(H,16,18)/t13-/m1/s1. The first-order chi connectivity index (χ1) is 8.56. The summed E-state index contributed by atoms with van der Waals surface area (Å²) in [5, 5.41) is 2.97. The van der Waals surface area contributed by atoms with Gasteiger partial charge in [-0.05, 0) is 38.9 Å². The van der Waals surface area contributed by atoms with Crippen molar-refractivity contribution in [3.05, 3.63) is 35.4 Å². The molecule has 100 valence electrons. The van der Waals surface area contributed by atoms with Gasteiger partial charge in [-0.3, -0.25) is 4.79 Å². The van der Waals surface area contributed by atoms with E-state index in [1.54, 1.807) is 0 Å². The zero-order chi connectivity index (χ0) is 13.5. The van der Waals surface area contributed by atoms with Gasteiger partial charge in [-0.25, -0.2) is 0 Å². The van der Waals surface area contributed by atoms with Gasteiger partial charge in [0.1, 0.15) is 0 Å². The lowest BCUT2D eigenvalue weighted by molar-refractivity contribution is 0.0947. The van der Waals surface area contributed by atoms with Crippen molar-refractivity contribution in [1.82, 2.24) is 10.2 Å². The average Bonchev–Trinajstić information content (AvgIpc) is 2.37. The maximum atomic E-state index is 12.0. The molecule has 0 heterocycles. The van der Waals surface area contributed by atoms with Crippen LogP contribution >= 0.6 is 0 Å². The summed E-state index contributed by atoms with van der Waals surface area (Å²) in [5.74, 6) is 0.0191. The Hall–Kier alpha value is -1.35. The number of rotatable bonds is 6. The van der Waals surface area contributed by atoms with Crippen molar-refractivity contribution >= 4 is 5.91 Å². The minimum Gasteiger partial charge on any atom is -0.351 e. The summed E-state index contributed by atoms with van der Waals surface area (Å²) in [6, 6.07) is 8.22. The van der Waals surface area contributed by atoms with E-state index in [1.165, 1.54) is 0 Å². The van der Waals surface area contributed by atoms with Gasteiger partial charge in [0.15, 0.2) is 0 Å². The number of carbonyl (C=O) groups is 1. The van der Waals surface area contributed by atoms with Crippen LogP contribution in [0.3, 0.4) is 0 Å². The van der Waals surface area contributed by atoms with E-state index >= 15 is 0 Å². The third-order valence-corrected chi connectivity index (χ3v) is 3.48. The molecule has 0 saturated heterocycles. The van der Waals surface area contributed by atoms with Crippen LogP contribution < -0.4 is 5.32 Å². The zero-order valence-corrected chi connectivity index (χ0v) is 11.9. The quantitative estimate of drug-likeness (QED) is 0.838. The van der Waals surface area contributed by atoms with E-state index in [-0.39, 0.29) is 5.91 Å². The summed E-state index contributed by atoms with van der Waals surface area (Å²) in [5.41, 5.74) is 1.79. The fourth-order valence-corrected chi connectivity index (χ4v) is 1.80. The fourth-order valence-electron chi connectivity index (χ4n) is 1.80. The first kappa shape index (κ1) is 14.7. The molecule has 0 unspecified atom stereocenters. The topological polar surface area (TPSA) is 32.3 Å². The normalized spacial score (nSPS) is 12.5. The molecule has 0 aromatic heterocycles. The van der Waals surface area contributed by atoms with Gasteiger partial charge in [0, 0.05) is 24.7 Å². The number of likely N-dealkylation sites (N-methyl/N-ethyl adjacent to an activating group) is 1. The molecule has 0 aliphatic carbocycles. The summed E-state index contributed by atoms with van der Waals surface area (Å²) >= 11 is 0. The molecule has 18 heavy (non-hydrogen) atoms. The smallest absolute Gasteiger partial charge is 0.251 e. The molecular weight excluding hydrogens is 224 g/mol. The van der Waals surface area contributed by atoms with Gasteiger partial charge >= 0.3 is 0 Å². The highest BCUT2D eigenvalue weighted by Crippen LogP contribution is 2.06. The van der Waals surface area contributed by atoms with Crippen molar-refractivity contribution < 1.29 is 4.79 Å². The maximum absolute atomic E-state index is 12.0. The molecule has 0 aliphatic heterocycles. The van der Waals surface area contributed by atoms with E-state index in [2.05, 4.69) is 31.1 Å². The summed E-state index contributed by atoms with van der Waals surface area (Å²) in [6.45, 7) is 7.90. The molecule has 1 rings (SSSR count). The van der Waals surface area contributed by atoms with E-state index < -0.39 is 0 Å². The van der Waals surface area contributed by atoms with Crippen LogP contribution in [0.15, 0.2) is 24.3 Å². The third kappa shape index (κ3) is 4.15. The van der Waals surface area contributed by atoms with E-state index in [9.17, 15) is 4.79 Å². The molecule has 3 nitrogen and oxygen atoms in total. The van der Waals surface area contributed by atoms with Gasteiger partial charge in [0.25, 0.3) is 5.91 Å². The Bertz CT molecular complexity index is 390. The number of hydrogen-bond acceptors (Lipinski definition) is 2. The second-order valence-electron chi connectivity index (χ2n) is 4.81. The zero-order valence-electron chi connectivity index (χ0n) is 11.9. The number of hydrogen-bond donors (Lipinski definition) is 1. The number of benzene rings is 1. The van der Waals surface area contributed by atoms with Crippen molar-refractivity contribution in [2.45, 2.75) is 33.2 Å². The summed E-state index contributed by atoms with van der Waals surface area (Å²) in [7, 11) is 2.09. The van der Waals surface area contributed by atoms with Gasteiger partial charge in [0.05, 0.1) is 0 Å². The highest BCUT2D eigenvalue weighted by atomic mass is 16.1. The van der Waals surface area contributed by atoms with Crippen LogP contribution in [0.1, 0.15) is 36.2 Å². The number of amides is 1. The van der Waals surface area contributed by atoms with E-state index in [0.717, 1.165) is 24.1 Å². The van der Waals surface area contributed by atoms with Gasteiger partial charge in [-0.15, -0.1) is 0 Å². The van der Waals surface area contributed by atoms with Crippen LogP contribution in [0.2, 0.25) is 0 Å². The van der Waals surface area contributed by atoms with Crippen molar-refractivity contribution in [2.24, 2.45) is 0 Å². The van der Waals surface area contributed by atoms with Crippen LogP contribution in [0.5, 0.6) is 0 Å². The summed E-state index contributed by atoms with van der Waals surface area (Å²) in [4.78, 5) is 14.2. The summed E-state index contributed by atoms with van der Waals surface area (Å²) < 4.78 is 0. The minimum absolute atomic E-state index is 0.0191. The minimum atomic E-state index is 0.0191. The molecular formula is C15H24N2O. The monoisotopic (exact) mass is 248 g/mol. The Morgan fingerprint density at radius 3 is 2.67 bits per heavy atom. The molecule has 0 saturated carbocycles. The molecule has 1 amide bonds. The van der Waals surface area contributed by atoms with E-state index in [4.69, 9.17) is 0 Å². The molecule has 1 N–H and O–H groups in total. The average molecular weight is 248 g/mol. The van der Waals surface area contributed by atoms with Crippen molar-refractivity contribution in [2.75, 3.05) is 20.1 Å². The second kappa shape index (κ2) is 7.17. The SMILES string of the molecule is CC[C@@H](C)N(C)CCNC(=O)c1ccccc1C. The first-order valence-corrected chi connectivity index (χ1v) is 6.60. The lowest BCUT2D eigenvalue weighted by Crippen LogP contribution is -2.37. The summed E-state index contributed by atoms with van der Waals surface area (Å²) in [6.07, 6.45) is 1.13. The van der Waals surface area contributed by atoms with E-state index in [0.29, 0.717) is 12.6 Å². The molecule has 0 radical (unpaired) electrons. The van der Waals surface area contributed by atoms with Crippen LogP contribution in [0.25, 0.3) is 0 Å². The maximum Gasteiger partial charge on any atom is 0.251 e. The lowest BCUT2D eigenvalue weighted by atomic mass is 10.1. The molecule has 1 atom stereocenters. The van der Waals surface area contributed by atoms with Gasteiger partial charge < -0.3 is 10.2 Å². The number of aryl methyl sites for hydroxylation is 1. The Balaban J connectivity index is 2.41. The molecule has 3 heteroatoms. The third-order valence-electron chi connectivity index (χ3n) is 3.48. The highest BCUT2D eigenvalue weighted by molar-refractivity contribution is 5.95. The Morgan fingerprint density at radius 2 is 2.06 bits per heavy atom. The molecule has 0 fully saturated rings. The van der Waals surface area contributed by atoms with E-state index in [1.807, 2.05) is 31.2 Å². The first-order valence-electron chi connectivity index (χ1n) is 6.60. The molecule has 0 spiro atoms. The second-order valence-corrected chi connectivity index (χ2v) is 4.81. The predicted molar refractivity (Wildman–Crippen MR) is 75.9 cm³/mol. The highest BCUT2D eigenvalue weighted by Gasteiger charge is 2.09. The van der Waals surface area contributed by atoms with Gasteiger partial charge in [-0.1, -0.05) is 25.1 Å². The van der Waals surface area contributed by atoms with Crippen molar-refractivity contribution in [3.8, 4) is 0 Å². The largest absolute Gasteiger partial charge is 0.351 e. The number of nitrogens with one attached hydrogen (secondary N) is 1. The lowest BCUT2D eigenvalue weighted by Gasteiger charge is -2.23. The van der Waals surface area contributed by atoms with Gasteiger partial charge in [-0.2, -0.15) is 0 Å². The predicted octanol–water partition coefficient (Wildman–Crippen LogP) is 2.46. The van der Waals surface area contributed by atoms with Crippen LogP contribution in [0, 0.1) is 6.92 Å². The van der Waals surface area contributed by atoms with Crippen LogP contribution in [-0.4, -0.2) is 37.0 Å². The Labute approximate surface area is 110 Å². The molecule has 0 aliphatic rings. The molecule has 1 aromatic carbocycles. The Kier molecular flexibility index (Phi) is 5.86. The van der Waals surface area contributed by atoms with Crippen molar-refractivity contribution in [3.63, 3.8) is 0 Å². The van der Waals surface area contributed by atoms with Crippen LogP contribution in [-0.2, 0) is 0 Å². The molecule has 1 aromatic rings. The Morgan fingerprint density at radius 1 is 1.39 bits per heavy atom. The van der Waals surface area contributed by atoms with Crippen LogP contribution in [0.4, 0.5) is 0 Å². The number of nitrogens with zero attached hydrogens (tertiary/aromatic N) is 1. The van der Waals surface area contributed by atoms with Crippen molar-refractivity contribution in [1.29, 1.82) is 0 Å². The fraction of sp³-hybridized carbons (Fsp3) is 0.533. The van der Waals surface area contributed by atoms with Gasteiger partial charge in [0.2, 0.25) is 0 Å². The molecule has 0 bridgehead atoms. The number of carbonyl (C=O) groups excluding carboxylic acids is 1.